The van der Waals surface area contributed by atoms with Crippen LogP contribution < -0.4 is 10.1 Å². The lowest BCUT2D eigenvalue weighted by molar-refractivity contribution is 0.421. The van der Waals surface area contributed by atoms with Crippen LogP contribution in [0.2, 0.25) is 0 Å². The molecule has 1 heterocycles. The molecule has 1 aromatic carbocycles. The molecule has 0 saturated heterocycles. The molecule has 21 heavy (non-hydrogen) atoms. The van der Waals surface area contributed by atoms with Crippen LogP contribution in [0, 0.1) is 6.92 Å². The van der Waals surface area contributed by atoms with Crippen LogP contribution in [0.15, 0.2) is 27.1 Å². The standard InChI is InChI=1S/C15H19Br2N3O/c1-4-7-18-9-12-10(2)19-20(3)15(12)21-14-6-5-11(16)8-13(14)17/h5-6,8,18H,4,7,9H2,1-3H3. The van der Waals surface area contributed by atoms with Crippen LogP contribution in [0.1, 0.15) is 24.6 Å². The average Bonchev–Trinajstić information content (AvgIpc) is 2.68. The minimum absolute atomic E-state index is 0.761. The fraction of sp³-hybridized carbons (Fsp3) is 0.400. The maximum Gasteiger partial charge on any atom is 0.222 e. The van der Waals surface area contributed by atoms with E-state index in [9.17, 15) is 0 Å². The van der Waals surface area contributed by atoms with Gasteiger partial charge in [0.25, 0.3) is 0 Å². The number of benzene rings is 1. The summed E-state index contributed by atoms with van der Waals surface area (Å²) in [4.78, 5) is 0. The highest BCUT2D eigenvalue weighted by molar-refractivity contribution is 9.11. The lowest BCUT2D eigenvalue weighted by atomic mass is 10.2. The van der Waals surface area contributed by atoms with Crippen molar-refractivity contribution in [1.29, 1.82) is 0 Å². The van der Waals surface area contributed by atoms with Crippen molar-refractivity contribution in [3.8, 4) is 11.6 Å². The second-order valence-electron chi connectivity index (χ2n) is 4.85. The van der Waals surface area contributed by atoms with Gasteiger partial charge in [0.05, 0.1) is 15.7 Å². The number of ether oxygens (including phenoxy) is 1. The topological polar surface area (TPSA) is 39.1 Å². The van der Waals surface area contributed by atoms with Gasteiger partial charge in [0, 0.05) is 18.1 Å². The molecule has 114 valence electrons. The van der Waals surface area contributed by atoms with Gasteiger partial charge in [0.1, 0.15) is 5.75 Å². The molecule has 0 aliphatic carbocycles. The monoisotopic (exact) mass is 415 g/mol. The van der Waals surface area contributed by atoms with E-state index in [0.29, 0.717) is 0 Å². The molecular weight excluding hydrogens is 398 g/mol. The van der Waals surface area contributed by atoms with Gasteiger partial charge in [-0.05, 0) is 54.0 Å². The van der Waals surface area contributed by atoms with Crippen LogP contribution in [0.3, 0.4) is 0 Å². The Kier molecular flexibility index (Phi) is 5.84. The largest absolute Gasteiger partial charge is 0.438 e. The van der Waals surface area contributed by atoms with Crippen LogP contribution in [-0.2, 0) is 13.6 Å². The minimum atomic E-state index is 0.761. The zero-order valence-electron chi connectivity index (χ0n) is 12.4. The molecule has 2 rings (SSSR count). The van der Waals surface area contributed by atoms with E-state index in [1.807, 2.05) is 32.2 Å². The molecule has 1 N–H and O–H groups in total. The Bertz CT molecular complexity index is 626. The van der Waals surface area contributed by atoms with Crippen LogP contribution in [0.4, 0.5) is 0 Å². The Labute approximate surface area is 142 Å². The van der Waals surface area contributed by atoms with Gasteiger partial charge in [0.15, 0.2) is 0 Å². The number of aromatic nitrogens is 2. The van der Waals surface area contributed by atoms with E-state index in [0.717, 1.165) is 51.3 Å². The maximum absolute atomic E-state index is 6.07. The summed E-state index contributed by atoms with van der Waals surface area (Å²) in [5, 5.41) is 7.86. The first kappa shape index (κ1) is 16.5. The molecule has 0 amide bonds. The normalized spacial score (nSPS) is 10.9. The molecule has 0 aliphatic rings. The van der Waals surface area contributed by atoms with Gasteiger partial charge in [-0.25, -0.2) is 4.68 Å². The molecule has 0 atom stereocenters. The highest BCUT2D eigenvalue weighted by Gasteiger charge is 2.16. The van der Waals surface area contributed by atoms with Crippen LogP contribution in [-0.4, -0.2) is 16.3 Å². The second-order valence-corrected chi connectivity index (χ2v) is 6.62. The SMILES string of the molecule is CCCNCc1c(C)nn(C)c1Oc1ccc(Br)cc1Br. The number of nitrogens with zero attached hydrogens (tertiary/aromatic N) is 2. The fourth-order valence-corrected chi connectivity index (χ4v) is 3.19. The van der Waals surface area contributed by atoms with Gasteiger partial charge in [0.2, 0.25) is 5.88 Å². The summed E-state index contributed by atoms with van der Waals surface area (Å²) in [6, 6.07) is 5.85. The zero-order chi connectivity index (χ0) is 15.4. The third-order valence-corrected chi connectivity index (χ3v) is 4.23. The highest BCUT2D eigenvalue weighted by Crippen LogP contribution is 2.34. The molecule has 2 aromatic rings. The number of nitrogens with one attached hydrogen (secondary N) is 1. The maximum atomic E-state index is 6.07. The number of hydrogen-bond acceptors (Lipinski definition) is 3. The molecular formula is C15H19Br2N3O. The Balaban J connectivity index is 2.26. The van der Waals surface area contributed by atoms with Gasteiger partial charge in [-0.15, -0.1) is 0 Å². The lowest BCUT2D eigenvalue weighted by Crippen LogP contribution is -2.14. The quantitative estimate of drug-likeness (QED) is 0.702. The zero-order valence-corrected chi connectivity index (χ0v) is 15.6. The first-order chi connectivity index (χ1) is 10.0. The molecule has 0 radical (unpaired) electrons. The van der Waals surface area contributed by atoms with Gasteiger partial charge >= 0.3 is 0 Å². The van der Waals surface area contributed by atoms with Crippen molar-refractivity contribution < 1.29 is 4.74 Å². The van der Waals surface area contributed by atoms with Crippen molar-refractivity contribution in [3.63, 3.8) is 0 Å². The molecule has 0 bridgehead atoms. The first-order valence-electron chi connectivity index (χ1n) is 6.89. The Hall–Kier alpha value is -0.850. The van der Waals surface area contributed by atoms with Gasteiger partial charge in [-0.3, -0.25) is 0 Å². The van der Waals surface area contributed by atoms with Crippen molar-refractivity contribution in [2.75, 3.05) is 6.54 Å². The number of rotatable bonds is 6. The van der Waals surface area contributed by atoms with E-state index in [1.165, 1.54) is 0 Å². The van der Waals surface area contributed by atoms with E-state index in [4.69, 9.17) is 4.74 Å². The fourth-order valence-electron chi connectivity index (χ4n) is 2.06. The summed E-state index contributed by atoms with van der Waals surface area (Å²) in [6.07, 6.45) is 1.10. The van der Waals surface area contributed by atoms with E-state index in [1.54, 1.807) is 4.68 Å². The Morgan fingerprint density at radius 3 is 2.76 bits per heavy atom. The van der Waals surface area contributed by atoms with Crippen molar-refractivity contribution in [3.05, 3.63) is 38.4 Å². The van der Waals surface area contributed by atoms with Crippen LogP contribution >= 0.6 is 31.9 Å². The molecule has 0 unspecified atom stereocenters. The molecule has 1 aromatic heterocycles. The molecule has 6 heteroatoms. The number of halogens is 2. The third kappa shape index (κ3) is 4.08. The van der Waals surface area contributed by atoms with Crippen LogP contribution in [0.5, 0.6) is 11.6 Å². The molecule has 0 spiro atoms. The van der Waals surface area contributed by atoms with Gasteiger partial charge in [-0.2, -0.15) is 5.10 Å². The first-order valence-corrected chi connectivity index (χ1v) is 8.47. The summed E-state index contributed by atoms with van der Waals surface area (Å²) in [7, 11) is 1.90. The van der Waals surface area contributed by atoms with Crippen molar-refractivity contribution in [2.45, 2.75) is 26.8 Å². The molecule has 0 fully saturated rings. The molecule has 0 saturated carbocycles. The number of hydrogen-bond donors (Lipinski definition) is 1. The van der Waals surface area contributed by atoms with Gasteiger partial charge < -0.3 is 10.1 Å². The third-order valence-electron chi connectivity index (χ3n) is 3.12. The van der Waals surface area contributed by atoms with Crippen molar-refractivity contribution in [1.82, 2.24) is 15.1 Å². The van der Waals surface area contributed by atoms with E-state index in [2.05, 4.69) is 49.2 Å². The van der Waals surface area contributed by atoms with Gasteiger partial charge in [-0.1, -0.05) is 22.9 Å². The Morgan fingerprint density at radius 2 is 2.10 bits per heavy atom. The average molecular weight is 417 g/mol. The minimum Gasteiger partial charge on any atom is -0.438 e. The summed E-state index contributed by atoms with van der Waals surface area (Å²) in [5.74, 6) is 1.55. The summed E-state index contributed by atoms with van der Waals surface area (Å²) >= 11 is 6.97. The number of aryl methyl sites for hydroxylation is 2. The molecule has 0 aliphatic heterocycles. The van der Waals surface area contributed by atoms with E-state index >= 15 is 0 Å². The van der Waals surface area contributed by atoms with E-state index in [-0.39, 0.29) is 0 Å². The van der Waals surface area contributed by atoms with Crippen LogP contribution in [0.25, 0.3) is 0 Å². The summed E-state index contributed by atoms with van der Waals surface area (Å²) < 4.78 is 9.77. The van der Waals surface area contributed by atoms with Crippen molar-refractivity contribution >= 4 is 31.9 Å². The smallest absolute Gasteiger partial charge is 0.222 e. The highest BCUT2D eigenvalue weighted by atomic mass is 79.9. The molecule has 4 nitrogen and oxygen atoms in total. The van der Waals surface area contributed by atoms with Crippen molar-refractivity contribution in [2.24, 2.45) is 7.05 Å². The Morgan fingerprint density at radius 1 is 1.33 bits per heavy atom. The summed E-state index contributed by atoms with van der Waals surface area (Å²) in [5.41, 5.74) is 2.09. The predicted molar refractivity (Wildman–Crippen MR) is 91.9 cm³/mol. The predicted octanol–water partition coefficient (Wildman–Crippen LogP) is 4.55. The summed E-state index contributed by atoms with van der Waals surface area (Å²) in [6.45, 7) is 5.90. The second kappa shape index (κ2) is 7.42. The van der Waals surface area contributed by atoms with E-state index < -0.39 is 0 Å². The lowest BCUT2D eigenvalue weighted by Gasteiger charge is -2.11.